The number of nitrogens with zero attached hydrogens (tertiary/aromatic N) is 1. The molecule has 1 aromatic rings. The number of rotatable bonds is 7. The first-order valence-electron chi connectivity index (χ1n) is 6.30. The lowest BCUT2D eigenvalue weighted by atomic mass is 10.2. The van der Waals surface area contributed by atoms with Crippen LogP contribution in [-0.2, 0) is 4.79 Å². The molecule has 0 aromatic heterocycles. The molecule has 0 amide bonds. The number of benzene rings is 1. The number of hydrogen-bond donors (Lipinski definition) is 1. The number of carbonyl (C=O) groups is 1. The Kier molecular flexibility index (Phi) is 4.20. The van der Waals surface area contributed by atoms with E-state index >= 15 is 0 Å². The summed E-state index contributed by atoms with van der Waals surface area (Å²) in [5.41, 5.74) is 1.16. The Balaban J connectivity index is 1.77. The van der Waals surface area contributed by atoms with Crippen molar-refractivity contribution in [2.24, 2.45) is 0 Å². The molecule has 0 spiro atoms. The van der Waals surface area contributed by atoms with Crippen molar-refractivity contribution in [3.63, 3.8) is 0 Å². The van der Waals surface area contributed by atoms with Crippen molar-refractivity contribution in [2.75, 3.05) is 19.7 Å². The fourth-order valence-corrected chi connectivity index (χ4v) is 1.99. The Hall–Kier alpha value is -1.55. The monoisotopic (exact) mass is 249 g/mol. The standard InChI is InChI=1S/C14H19NO3/c1-11-3-2-4-13(9-11)18-8-7-15(10-14(16)17)12-5-6-12/h2-4,9,12H,5-8,10H2,1H3,(H,16,17). The zero-order valence-corrected chi connectivity index (χ0v) is 10.6. The van der Waals surface area contributed by atoms with E-state index in [2.05, 4.69) is 0 Å². The van der Waals surface area contributed by atoms with Crippen LogP contribution in [0.5, 0.6) is 5.75 Å². The SMILES string of the molecule is Cc1cccc(OCCN(CC(=O)O)C2CC2)c1. The third-order valence-electron chi connectivity index (χ3n) is 3.04. The second-order valence-electron chi connectivity index (χ2n) is 4.76. The molecule has 0 saturated heterocycles. The zero-order chi connectivity index (χ0) is 13.0. The molecule has 1 aromatic carbocycles. The predicted molar refractivity (Wildman–Crippen MR) is 68.9 cm³/mol. The van der Waals surface area contributed by atoms with E-state index in [9.17, 15) is 4.79 Å². The zero-order valence-electron chi connectivity index (χ0n) is 10.6. The molecule has 4 nitrogen and oxygen atoms in total. The van der Waals surface area contributed by atoms with Gasteiger partial charge in [-0.15, -0.1) is 0 Å². The van der Waals surface area contributed by atoms with Crippen molar-refractivity contribution in [1.82, 2.24) is 4.90 Å². The van der Waals surface area contributed by atoms with Gasteiger partial charge in [-0.1, -0.05) is 12.1 Å². The van der Waals surface area contributed by atoms with Gasteiger partial charge in [0.1, 0.15) is 12.4 Å². The quantitative estimate of drug-likeness (QED) is 0.802. The lowest BCUT2D eigenvalue weighted by Crippen LogP contribution is -2.35. The first kappa shape index (κ1) is 12.9. The van der Waals surface area contributed by atoms with Crippen LogP contribution in [0.3, 0.4) is 0 Å². The lowest BCUT2D eigenvalue weighted by molar-refractivity contribution is -0.138. The molecule has 98 valence electrons. The second kappa shape index (κ2) is 5.87. The summed E-state index contributed by atoms with van der Waals surface area (Å²) >= 11 is 0. The largest absolute Gasteiger partial charge is 0.492 e. The molecule has 1 aliphatic rings. The van der Waals surface area contributed by atoms with Gasteiger partial charge in [-0.3, -0.25) is 9.69 Å². The molecular weight excluding hydrogens is 230 g/mol. The van der Waals surface area contributed by atoms with E-state index < -0.39 is 5.97 Å². The number of carboxylic acid groups (broad SMARTS) is 1. The topological polar surface area (TPSA) is 49.8 Å². The highest BCUT2D eigenvalue weighted by Gasteiger charge is 2.29. The molecule has 1 N–H and O–H groups in total. The molecule has 0 aliphatic heterocycles. The van der Waals surface area contributed by atoms with Crippen LogP contribution in [0.25, 0.3) is 0 Å². The Morgan fingerprint density at radius 2 is 2.28 bits per heavy atom. The van der Waals surface area contributed by atoms with Gasteiger partial charge in [0, 0.05) is 12.6 Å². The predicted octanol–water partition coefficient (Wildman–Crippen LogP) is 1.92. The number of aliphatic carboxylic acids is 1. The van der Waals surface area contributed by atoms with Gasteiger partial charge in [-0.05, 0) is 37.5 Å². The molecule has 0 heterocycles. The van der Waals surface area contributed by atoms with Gasteiger partial charge in [0.15, 0.2) is 0 Å². The van der Waals surface area contributed by atoms with E-state index in [-0.39, 0.29) is 6.54 Å². The molecule has 1 aliphatic carbocycles. The molecule has 1 fully saturated rings. The van der Waals surface area contributed by atoms with Gasteiger partial charge in [0.05, 0.1) is 6.54 Å². The summed E-state index contributed by atoms with van der Waals surface area (Å²) in [4.78, 5) is 12.7. The van der Waals surface area contributed by atoms with Gasteiger partial charge in [0.25, 0.3) is 0 Å². The van der Waals surface area contributed by atoms with E-state index in [1.54, 1.807) is 0 Å². The third-order valence-corrected chi connectivity index (χ3v) is 3.04. The molecule has 0 radical (unpaired) electrons. The van der Waals surface area contributed by atoms with Crippen LogP contribution < -0.4 is 4.74 Å². The summed E-state index contributed by atoms with van der Waals surface area (Å²) in [6.07, 6.45) is 2.22. The van der Waals surface area contributed by atoms with Crippen molar-refractivity contribution in [1.29, 1.82) is 0 Å². The van der Waals surface area contributed by atoms with Gasteiger partial charge >= 0.3 is 5.97 Å². The van der Waals surface area contributed by atoms with Crippen molar-refractivity contribution >= 4 is 5.97 Å². The minimum absolute atomic E-state index is 0.113. The fourth-order valence-electron chi connectivity index (χ4n) is 1.99. The van der Waals surface area contributed by atoms with E-state index in [0.717, 1.165) is 24.2 Å². The van der Waals surface area contributed by atoms with Crippen LogP contribution in [-0.4, -0.2) is 41.7 Å². The van der Waals surface area contributed by atoms with Crippen molar-refractivity contribution < 1.29 is 14.6 Å². The minimum atomic E-state index is -0.766. The van der Waals surface area contributed by atoms with Crippen LogP contribution in [0.15, 0.2) is 24.3 Å². The van der Waals surface area contributed by atoms with Crippen LogP contribution in [0.1, 0.15) is 18.4 Å². The third kappa shape index (κ3) is 4.04. The molecule has 2 rings (SSSR count). The summed E-state index contributed by atoms with van der Waals surface area (Å²) in [7, 11) is 0. The number of carboxylic acids is 1. The average molecular weight is 249 g/mol. The summed E-state index contributed by atoms with van der Waals surface area (Å²) in [6.45, 7) is 3.34. The van der Waals surface area contributed by atoms with E-state index in [1.807, 2.05) is 36.1 Å². The van der Waals surface area contributed by atoms with Gasteiger partial charge in [0.2, 0.25) is 0 Å². The maximum Gasteiger partial charge on any atom is 0.317 e. The van der Waals surface area contributed by atoms with E-state index in [1.165, 1.54) is 0 Å². The van der Waals surface area contributed by atoms with Crippen molar-refractivity contribution in [3.8, 4) is 5.75 Å². The Bertz CT molecular complexity index is 415. The smallest absolute Gasteiger partial charge is 0.317 e. The molecular formula is C14H19NO3. The normalized spacial score (nSPS) is 14.8. The van der Waals surface area contributed by atoms with E-state index in [4.69, 9.17) is 9.84 Å². The van der Waals surface area contributed by atoms with Gasteiger partial charge < -0.3 is 9.84 Å². The maximum atomic E-state index is 10.7. The highest BCUT2D eigenvalue weighted by atomic mass is 16.5. The first-order chi connectivity index (χ1) is 8.65. The maximum absolute atomic E-state index is 10.7. The molecule has 0 unspecified atom stereocenters. The molecule has 0 atom stereocenters. The summed E-state index contributed by atoms with van der Waals surface area (Å²) < 4.78 is 5.64. The minimum Gasteiger partial charge on any atom is -0.492 e. The second-order valence-corrected chi connectivity index (χ2v) is 4.76. The summed E-state index contributed by atoms with van der Waals surface area (Å²) in [5, 5.41) is 8.83. The van der Waals surface area contributed by atoms with Gasteiger partial charge in [-0.2, -0.15) is 0 Å². The fraction of sp³-hybridized carbons (Fsp3) is 0.500. The highest BCUT2D eigenvalue weighted by molar-refractivity contribution is 5.69. The van der Waals surface area contributed by atoms with Crippen LogP contribution >= 0.6 is 0 Å². The lowest BCUT2D eigenvalue weighted by Gasteiger charge is -2.19. The average Bonchev–Trinajstić information content (AvgIpc) is 3.11. The van der Waals surface area contributed by atoms with E-state index in [0.29, 0.717) is 19.2 Å². The Morgan fingerprint density at radius 3 is 2.89 bits per heavy atom. The number of ether oxygens (including phenoxy) is 1. The summed E-state index contributed by atoms with van der Waals surface area (Å²) in [6, 6.07) is 8.33. The Labute approximate surface area is 107 Å². The number of aryl methyl sites for hydroxylation is 1. The van der Waals surface area contributed by atoms with Crippen LogP contribution in [0.4, 0.5) is 0 Å². The molecule has 1 saturated carbocycles. The first-order valence-corrected chi connectivity index (χ1v) is 6.30. The van der Waals surface area contributed by atoms with Crippen LogP contribution in [0, 0.1) is 6.92 Å². The molecule has 18 heavy (non-hydrogen) atoms. The van der Waals surface area contributed by atoms with Crippen LogP contribution in [0.2, 0.25) is 0 Å². The molecule has 4 heteroatoms. The Morgan fingerprint density at radius 1 is 1.50 bits per heavy atom. The van der Waals surface area contributed by atoms with Gasteiger partial charge in [-0.25, -0.2) is 0 Å². The molecule has 0 bridgehead atoms. The summed E-state index contributed by atoms with van der Waals surface area (Å²) in [5.74, 6) is 0.0820. The highest BCUT2D eigenvalue weighted by Crippen LogP contribution is 2.26. The van der Waals surface area contributed by atoms with Crippen molar-refractivity contribution in [2.45, 2.75) is 25.8 Å². The van der Waals surface area contributed by atoms with Crippen molar-refractivity contribution in [3.05, 3.63) is 29.8 Å². The number of hydrogen-bond acceptors (Lipinski definition) is 3.